The molecule has 0 heterocycles. The number of Topliss-reactive ketones (excluding diaryl/α,β-unsaturated/α-hetero) is 2. The third kappa shape index (κ3) is 4.93. The van der Waals surface area contributed by atoms with Crippen LogP contribution in [0.5, 0.6) is 23.0 Å². The van der Waals surface area contributed by atoms with Gasteiger partial charge in [-0.25, -0.2) is 0 Å². The molecule has 0 aliphatic heterocycles. The van der Waals surface area contributed by atoms with Gasteiger partial charge in [0, 0.05) is 21.1 Å². The molecule has 0 aromatic heterocycles. The van der Waals surface area contributed by atoms with E-state index in [1.807, 2.05) is 12.1 Å². The molecular weight excluding hydrogens is 523 g/mol. The number of carbonyl (C=O) groups excluding carboxylic acids is 2. The Kier molecular flexibility index (Phi) is 7.09. The van der Waals surface area contributed by atoms with Gasteiger partial charge in [0.2, 0.25) is 0 Å². The van der Waals surface area contributed by atoms with Crippen LogP contribution in [0.15, 0.2) is 72.8 Å². The number of carbonyl (C=O) groups is 2. The van der Waals surface area contributed by atoms with Crippen molar-refractivity contribution in [3.05, 3.63) is 83.9 Å². The van der Waals surface area contributed by atoms with Gasteiger partial charge in [-0.05, 0) is 50.2 Å². The predicted octanol–water partition coefficient (Wildman–Crippen LogP) is 5.67. The van der Waals surface area contributed by atoms with Gasteiger partial charge in [0.25, 0.3) is 0 Å². The number of para-hydroxylation sites is 4. The second kappa shape index (κ2) is 9.29. The smallest absolute Gasteiger partial charge is 0.169 e. The van der Waals surface area contributed by atoms with Gasteiger partial charge >= 0.3 is 0 Å². The largest absolute Gasteiger partial charge is 0.453 e. The molecule has 0 aliphatic rings. The molecule has 0 bridgehead atoms. The molecule has 3 aromatic rings. The maximum absolute atomic E-state index is 11.8. The molecule has 0 fully saturated rings. The van der Waals surface area contributed by atoms with Crippen LogP contribution in [-0.4, -0.2) is 11.6 Å². The average molecular weight is 541 g/mol. The maximum atomic E-state index is 11.8. The number of hydrogen-bond donors (Lipinski definition) is 0. The molecular formula is C22H18O4Pt. The Bertz CT molecular complexity index is 887. The third-order valence-corrected chi connectivity index (χ3v) is 3.82. The van der Waals surface area contributed by atoms with Gasteiger partial charge in [0.15, 0.2) is 23.1 Å². The molecule has 0 radical (unpaired) electrons. The summed E-state index contributed by atoms with van der Waals surface area (Å²) in [6.45, 7) is 2.99. The van der Waals surface area contributed by atoms with E-state index in [1.54, 1.807) is 60.7 Å². The van der Waals surface area contributed by atoms with Crippen LogP contribution in [-0.2, 0) is 21.1 Å². The Balaban J connectivity index is 0.00000261. The van der Waals surface area contributed by atoms with E-state index >= 15 is 0 Å². The van der Waals surface area contributed by atoms with Crippen molar-refractivity contribution in [3.63, 3.8) is 0 Å². The summed E-state index contributed by atoms with van der Waals surface area (Å²) in [5.41, 5.74) is 0.984. The zero-order chi connectivity index (χ0) is 18.5. The fourth-order valence-corrected chi connectivity index (χ4v) is 2.55. The molecule has 0 saturated carbocycles. The zero-order valence-corrected chi connectivity index (χ0v) is 17.1. The summed E-state index contributed by atoms with van der Waals surface area (Å²) in [6.07, 6.45) is 0. The molecule has 0 aliphatic carbocycles. The molecule has 3 rings (SSSR count). The van der Waals surface area contributed by atoms with Crippen molar-refractivity contribution >= 4 is 11.6 Å². The molecule has 27 heavy (non-hydrogen) atoms. The number of hydrogen-bond acceptors (Lipinski definition) is 4. The maximum Gasteiger partial charge on any atom is 0.169 e. The van der Waals surface area contributed by atoms with Gasteiger partial charge in [0.1, 0.15) is 11.5 Å². The first-order chi connectivity index (χ1) is 12.6. The fraction of sp³-hybridized carbons (Fsp3) is 0.0909. The molecule has 4 nitrogen and oxygen atoms in total. The van der Waals surface area contributed by atoms with Gasteiger partial charge in [-0.2, -0.15) is 0 Å². The Morgan fingerprint density at radius 2 is 0.852 bits per heavy atom. The summed E-state index contributed by atoms with van der Waals surface area (Å²) in [5, 5.41) is 0. The summed E-state index contributed by atoms with van der Waals surface area (Å²) in [5.74, 6) is 1.66. The summed E-state index contributed by atoms with van der Waals surface area (Å²) in [7, 11) is 0. The SMILES string of the molecule is CC(=O)c1ccccc1Oc1ccccc1Oc1ccccc1C(C)=O.[Pt]. The molecule has 0 spiro atoms. The van der Waals surface area contributed by atoms with E-state index in [-0.39, 0.29) is 32.6 Å². The van der Waals surface area contributed by atoms with Crippen LogP contribution in [0.3, 0.4) is 0 Å². The van der Waals surface area contributed by atoms with Gasteiger partial charge in [-0.1, -0.05) is 36.4 Å². The first kappa shape index (κ1) is 20.6. The zero-order valence-electron chi connectivity index (χ0n) is 14.9. The predicted molar refractivity (Wildman–Crippen MR) is 99.5 cm³/mol. The van der Waals surface area contributed by atoms with Crippen LogP contribution < -0.4 is 9.47 Å². The van der Waals surface area contributed by atoms with Crippen LogP contribution >= 0.6 is 0 Å². The molecule has 0 saturated heterocycles. The Labute approximate surface area is 172 Å². The quantitative estimate of drug-likeness (QED) is 0.378. The Morgan fingerprint density at radius 3 is 1.19 bits per heavy atom. The van der Waals surface area contributed by atoms with Crippen molar-refractivity contribution in [1.82, 2.24) is 0 Å². The molecule has 0 amide bonds. The van der Waals surface area contributed by atoms with E-state index < -0.39 is 0 Å². The second-order valence-electron chi connectivity index (χ2n) is 5.76. The molecule has 3 aromatic carbocycles. The summed E-state index contributed by atoms with van der Waals surface area (Å²) in [4.78, 5) is 23.6. The van der Waals surface area contributed by atoms with Crippen molar-refractivity contribution in [2.75, 3.05) is 0 Å². The number of benzene rings is 3. The monoisotopic (exact) mass is 541 g/mol. The van der Waals surface area contributed by atoms with E-state index in [0.29, 0.717) is 34.1 Å². The molecule has 0 atom stereocenters. The summed E-state index contributed by atoms with van der Waals surface area (Å²) in [6, 6.07) is 21.2. The Morgan fingerprint density at radius 1 is 0.556 bits per heavy atom. The van der Waals surface area contributed by atoms with Gasteiger partial charge in [-0.3, -0.25) is 9.59 Å². The van der Waals surface area contributed by atoms with E-state index in [2.05, 4.69) is 0 Å². The van der Waals surface area contributed by atoms with E-state index in [0.717, 1.165) is 0 Å². The molecule has 140 valence electrons. The minimum absolute atomic E-state index is 0. The van der Waals surface area contributed by atoms with Gasteiger partial charge < -0.3 is 9.47 Å². The standard InChI is InChI=1S/C22H18O4.Pt/c1-15(23)17-9-3-5-11-19(17)25-21-13-7-8-14-22(21)26-20-12-6-4-10-18(20)16(2)24;/h3-14H,1-2H3;. The van der Waals surface area contributed by atoms with Crippen molar-refractivity contribution < 1.29 is 40.1 Å². The second-order valence-corrected chi connectivity index (χ2v) is 5.76. The number of rotatable bonds is 6. The molecule has 0 N–H and O–H groups in total. The fourth-order valence-electron chi connectivity index (χ4n) is 2.55. The molecule has 5 heteroatoms. The van der Waals surface area contributed by atoms with Gasteiger partial charge in [-0.15, -0.1) is 0 Å². The topological polar surface area (TPSA) is 52.6 Å². The first-order valence-corrected chi connectivity index (χ1v) is 8.21. The van der Waals surface area contributed by atoms with E-state index in [1.165, 1.54) is 13.8 Å². The van der Waals surface area contributed by atoms with Crippen molar-refractivity contribution in [3.8, 4) is 23.0 Å². The minimum Gasteiger partial charge on any atom is -0.453 e. The number of ether oxygens (including phenoxy) is 2. The summed E-state index contributed by atoms with van der Waals surface area (Å²) >= 11 is 0. The van der Waals surface area contributed by atoms with Crippen LogP contribution in [0.1, 0.15) is 34.6 Å². The van der Waals surface area contributed by atoms with Crippen LogP contribution in [0, 0.1) is 0 Å². The van der Waals surface area contributed by atoms with Crippen molar-refractivity contribution in [2.24, 2.45) is 0 Å². The van der Waals surface area contributed by atoms with E-state index in [9.17, 15) is 9.59 Å². The van der Waals surface area contributed by atoms with E-state index in [4.69, 9.17) is 9.47 Å². The number of ketones is 2. The average Bonchev–Trinajstić information content (AvgIpc) is 2.64. The van der Waals surface area contributed by atoms with Crippen molar-refractivity contribution in [1.29, 1.82) is 0 Å². The third-order valence-electron chi connectivity index (χ3n) is 3.82. The van der Waals surface area contributed by atoms with Crippen LogP contribution in [0.2, 0.25) is 0 Å². The minimum atomic E-state index is -0.0825. The van der Waals surface area contributed by atoms with Crippen molar-refractivity contribution in [2.45, 2.75) is 13.8 Å². The summed E-state index contributed by atoms with van der Waals surface area (Å²) < 4.78 is 11.9. The molecule has 0 unspecified atom stereocenters. The normalized spacial score (nSPS) is 9.85. The Hall–Kier alpha value is -2.71. The first-order valence-electron chi connectivity index (χ1n) is 8.21. The van der Waals surface area contributed by atoms with Gasteiger partial charge in [0.05, 0.1) is 11.1 Å². The van der Waals surface area contributed by atoms with Crippen LogP contribution in [0.25, 0.3) is 0 Å². The van der Waals surface area contributed by atoms with Crippen LogP contribution in [0.4, 0.5) is 0 Å².